The molecule has 1 atom stereocenters. The number of aliphatic hydroxyl groups excluding tert-OH is 1. The first-order chi connectivity index (χ1) is 15.8. The fraction of sp³-hybridized carbons (Fsp3) is 0.280. The number of amides is 1. The van der Waals surface area contributed by atoms with Crippen LogP contribution in [0.2, 0.25) is 0 Å². The molecular formula is C25H26N2O6. The van der Waals surface area contributed by atoms with E-state index >= 15 is 0 Å². The average Bonchev–Trinajstić information content (AvgIpc) is 3.36. The fourth-order valence-electron chi connectivity index (χ4n) is 4.02. The summed E-state index contributed by atoms with van der Waals surface area (Å²) in [6.45, 7) is 0.880. The van der Waals surface area contributed by atoms with Gasteiger partial charge >= 0.3 is 0 Å². The van der Waals surface area contributed by atoms with Crippen molar-refractivity contribution in [2.45, 2.75) is 6.04 Å². The van der Waals surface area contributed by atoms with Crippen LogP contribution in [0.4, 0.5) is 0 Å². The van der Waals surface area contributed by atoms with Crippen molar-refractivity contribution in [3.05, 3.63) is 71.2 Å². The molecule has 2 aromatic carbocycles. The van der Waals surface area contributed by atoms with E-state index in [1.165, 1.54) is 12.0 Å². The summed E-state index contributed by atoms with van der Waals surface area (Å²) >= 11 is 0. The molecule has 0 fully saturated rings. The minimum absolute atomic E-state index is 0.0196. The van der Waals surface area contributed by atoms with Crippen LogP contribution in [0, 0.1) is 0 Å². The Labute approximate surface area is 191 Å². The van der Waals surface area contributed by atoms with Gasteiger partial charge in [0.25, 0.3) is 5.91 Å². The van der Waals surface area contributed by atoms with Crippen LogP contribution in [0.15, 0.2) is 64.3 Å². The van der Waals surface area contributed by atoms with Crippen molar-refractivity contribution in [3.63, 3.8) is 0 Å². The minimum atomic E-state index is -0.782. The van der Waals surface area contributed by atoms with Crippen molar-refractivity contribution in [1.82, 2.24) is 9.80 Å². The molecule has 0 unspecified atom stereocenters. The number of aliphatic hydroxyl groups is 1. The average molecular weight is 450 g/mol. The lowest BCUT2D eigenvalue weighted by Crippen LogP contribution is -2.36. The topological polar surface area (TPSA) is 92.4 Å². The molecule has 0 aliphatic carbocycles. The number of ketones is 1. The highest BCUT2D eigenvalue weighted by Crippen LogP contribution is 2.40. The number of carbonyl (C=O) groups is 2. The smallest absolute Gasteiger partial charge is 0.290 e. The molecule has 33 heavy (non-hydrogen) atoms. The van der Waals surface area contributed by atoms with E-state index in [4.69, 9.17) is 13.9 Å². The van der Waals surface area contributed by atoms with E-state index in [1.54, 1.807) is 55.6 Å². The van der Waals surface area contributed by atoms with Gasteiger partial charge < -0.3 is 28.8 Å². The van der Waals surface area contributed by atoms with Gasteiger partial charge in [-0.25, -0.2) is 0 Å². The zero-order valence-electron chi connectivity index (χ0n) is 19.0. The van der Waals surface area contributed by atoms with Crippen molar-refractivity contribution in [2.75, 3.05) is 41.4 Å². The minimum Gasteiger partial charge on any atom is -0.503 e. The van der Waals surface area contributed by atoms with Gasteiger partial charge in [0.1, 0.15) is 5.75 Å². The molecule has 1 N–H and O–H groups in total. The molecule has 4 rings (SSSR count). The summed E-state index contributed by atoms with van der Waals surface area (Å²) in [5.74, 6) is -0.630. The van der Waals surface area contributed by atoms with Gasteiger partial charge in [0.05, 0.1) is 25.8 Å². The molecule has 1 amide bonds. The van der Waals surface area contributed by atoms with Crippen LogP contribution in [0.5, 0.6) is 11.5 Å². The Hall–Kier alpha value is -3.78. The van der Waals surface area contributed by atoms with Gasteiger partial charge in [-0.1, -0.05) is 24.3 Å². The number of benzene rings is 2. The number of carbonyl (C=O) groups excluding carboxylic acids is 2. The predicted octanol–water partition coefficient (Wildman–Crippen LogP) is 3.59. The molecule has 0 bridgehead atoms. The van der Waals surface area contributed by atoms with Crippen molar-refractivity contribution >= 4 is 22.7 Å². The molecule has 172 valence electrons. The first-order valence-corrected chi connectivity index (χ1v) is 10.5. The molecule has 3 aromatic rings. The van der Waals surface area contributed by atoms with Gasteiger partial charge in [0, 0.05) is 18.5 Å². The maximum atomic E-state index is 13.6. The third-order valence-corrected chi connectivity index (χ3v) is 5.70. The third-order valence-electron chi connectivity index (χ3n) is 5.70. The summed E-state index contributed by atoms with van der Waals surface area (Å²) in [6, 6.07) is 13.3. The zero-order chi connectivity index (χ0) is 23.7. The highest BCUT2D eigenvalue weighted by atomic mass is 16.5. The van der Waals surface area contributed by atoms with Crippen molar-refractivity contribution in [2.24, 2.45) is 0 Å². The van der Waals surface area contributed by atoms with Crippen LogP contribution < -0.4 is 9.47 Å². The number of furan rings is 1. The van der Waals surface area contributed by atoms with E-state index < -0.39 is 23.5 Å². The van der Waals surface area contributed by atoms with E-state index in [9.17, 15) is 14.7 Å². The van der Waals surface area contributed by atoms with E-state index in [2.05, 4.69) is 0 Å². The standard InChI is InChI=1S/C25H26N2O6/c1-26(2)11-12-27-21(15-7-5-9-17(13-15)31-3)20(23(29)25(27)30)22(28)19-14-16-8-6-10-18(32-4)24(16)33-19/h5-10,13-14,21,29H,11-12H2,1-4H3/t21-/m0/s1. The summed E-state index contributed by atoms with van der Waals surface area (Å²) in [5, 5.41) is 11.5. The Morgan fingerprint density at radius 1 is 1.12 bits per heavy atom. The predicted molar refractivity (Wildman–Crippen MR) is 123 cm³/mol. The maximum Gasteiger partial charge on any atom is 0.290 e. The molecule has 2 heterocycles. The van der Waals surface area contributed by atoms with Gasteiger partial charge in [-0.05, 0) is 43.9 Å². The fourth-order valence-corrected chi connectivity index (χ4v) is 4.02. The Morgan fingerprint density at radius 3 is 2.58 bits per heavy atom. The Kier molecular flexibility index (Phi) is 6.11. The van der Waals surface area contributed by atoms with Crippen molar-refractivity contribution < 1.29 is 28.6 Å². The number of rotatable bonds is 8. The number of para-hydroxylation sites is 1. The van der Waals surface area contributed by atoms with Gasteiger partial charge in [0.15, 0.2) is 22.9 Å². The second-order valence-electron chi connectivity index (χ2n) is 8.06. The second-order valence-corrected chi connectivity index (χ2v) is 8.06. The van der Waals surface area contributed by atoms with Gasteiger partial charge in [-0.2, -0.15) is 0 Å². The summed E-state index contributed by atoms with van der Waals surface area (Å²) < 4.78 is 16.5. The number of methoxy groups -OCH3 is 2. The van der Waals surface area contributed by atoms with Crippen LogP contribution in [0.25, 0.3) is 11.0 Å². The van der Waals surface area contributed by atoms with Crippen LogP contribution in [0.1, 0.15) is 22.2 Å². The van der Waals surface area contributed by atoms with Crippen molar-refractivity contribution in [3.8, 4) is 11.5 Å². The molecule has 0 saturated heterocycles. The number of hydrogen-bond donors (Lipinski definition) is 1. The Balaban J connectivity index is 1.81. The summed E-state index contributed by atoms with van der Waals surface area (Å²) in [7, 11) is 6.85. The van der Waals surface area contributed by atoms with E-state index in [1.807, 2.05) is 19.0 Å². The SMILES string of the molecule is COc1cccc([C@H]2C(C(=O)c3cc4cccc(OC)c4o3)=C(O)C(=O)N2CCN(C)C)c1. The maximum absolute atomic E-state index is 13.6. The number of likely N-dealkylation sites (N-methyl/N-ethyl adjacent to an activating group) is 1. The molecule has 1 aromatic heterocycles. The highest BCUT2D eigenvalue weighted by Gasteiger charge is 2.44. The summed E-state index contributed by atoms with van der Waals surface area (Å²) in [5.41, 5.74) is 1.06. The summed E-state index contributed by atoms with van der Waals surface area (Å²) in [4.78, 5) is 30.1. The molecule has 8 heteroatoms. The van der Waals surface area contributed by atoms with E-state index in [0.717, 1.165) is 0 Å². The molecule has 0 saturated carbocycles. The first-order valence-electron chi connectivity index (χ1n) is 10.5. The lowest BCUT2D eigenvalue weighted by molar-refractivity contribution is -0.129. The molecule has 1 aliphatic rings. The number of fused-ring (bicyclic) bond motifs is 1. The van der Waals surface area contributed by atoms with Crippen LogP contribution in [0.3, 0.4) is 0 Å². The number of hydrogen-bond acceptors (Lipinski definition) is 7. The van der Waals surface area contributed by atoms with E-state index in [-0.39, 0.29) is 11.3 Å². The molecule has 1 aliphatic heterocycles. The van der Waals surface area contributed by atoms with Gasteiger partial charge in [-0.15, -0.1) is 0 Å². The largest absolute Gasteiger partial charge is 0.503 e. The van der Waals surface area contributed by atoms with Crippen LogP contribution in [-0.2, 0) is 4.79 Å². The molecule has 0 spiro atoms. The lowest BCUT2D eigenvalue weighted by atomic mass is 9.95. The monoisotopic (exact) mass is 450 g/mol. The molecular weight excluding hydrogens is 424 g/mol. The normalized spacial score (nSPS) is 16.2. The molecule has 8 nitrogen and oxygen atoms in total. The second kappa shape index (κ2) is 8.99. The Bertz CT molecular complexity index is 1240. The zero-order valence-corrected chi connectivity index (χ0v) is 19.0. The van der Waals surface area contributed by atoms with E-state index in [0.29, 0.717) is 41.1 Å². The quantitative estimate of drug-likeness (QED) is 0.524. The highest BCUT2D eigenvalue weighted by molar-refractivity contribution is 6.16. The number of nitrogens with zero attached hydrogens (tertiary/aromatic N) is 2. The lowest BCUT2D eigenvalue weighted by Gasteiger charge is -2.28. The van der Waals surface area contributed by atoms with Crippen LogP contribution >= 0.6 is 0 Å². The third kappa shape index (κ3) is 4.05. The number of Topliss-reactive ketones (excluding diaryl/α,β-unsaturated/α-hetero) is 1. The number of ether oxygens (including phenoxy) is 2. The van der Waals surface area contributed by atoms with Crippen LogP contribution in [-0.4, -0.2) is 68.0 Å². The Morgan fingerprint density at radius 2 is 1.88 bits per heavy atom. The first kappa shape index (κ1) is 22.4. The van der Waals surface area contributed by atoms with Gasteiger partial charge in [-0.3, -0.25) is 9.59 Å². The van der Waals surface area contributed by atoms with Gasteiger partial charge in [0.2, 0.25) is 5.78 Å². The van der Waals surface area contributed by atoms with Crippen molar-refractivity contribution in [1.29, 1.82) is 0 Å². The molecule has 0 radical (unpaired) electrons. The summed E-state index contributed by atoms with van der Waals surface area (Å²) in [6.07, 6.45) is 0.